The van der Waals surface area contributed by atoms with Gasteiger partial charge in [-0.1, -0.05) is 26.0 Å². The van der Waals surface area contributed by atoms with Crippen molar-refractivity contribution in [1.29, 1.82) is 0 Å². The smallest absolute Gasteiger partial charge is 0.416 e. The van der Waals surface area contributed by atoms with E-state index in [2.05, 4.69) is 4.74 Å². The lowest BCUT2D eigenvalue weighted by atomic mass is 9.92. The third-order valence-corrected chi connectivity index (χ3v) is 4.55. The summed E-state index contributed by atoms with van der Waals surface area (Å²) in [6.45, 7) is 4.47. The van der Waals surface area contributed by atoms with Gasteiger partial charge in [-0.3, -0.25) is 4.57 Å². The van der Waals surface area contributed by atoms with Gasteiger partial charge in [0.05, 0.1) is 17.5 Å². The molecule has 2 N–H and O–H groups in total. The largest absolute Gasteiger partial charge is 0.463 e. The highest BCUT2D eigenvalue weighted by Gasteiger charge is 2.38. The highest BCUT2D eigenvalue weighted by atomic mass is 31.2. The van der Waals surface area contributed by atoms with Gasteiger partial charge in [0.2, 0.25) is 0 Å². The number of carbonyl (C=O) groups excluding carboxylic acids is 1. The topological polar surface area (TPSA) is 83.8 Å². The zero-order valence-electron chi connectivity index (χ0n) is 14.1. The van der Waals surface area contributed by atoms with E-state index in [0.717, 1.165) is 0 Å². The maximum Gasteiger partial charge on any atom is 0.416 e. The average molecular weight is 380 g/mol. The van der Waals surface area contributed by atoms with Crippen LogP contribution in [0.1, 0.15) is 43.0 Å². The summed E-state index contributed by atoms with van der Waals surface area (Å²) in [6.07, 6.45) is -4.13. The van der Waals surface area contributed by atoms with Crippen LogP contribution in [0, 0.1) is 0 Å². The molecule has 0 atom stereocenters. The molecule has 0 aromatic heterocycles. The van der Waals surface area contributed by atoms with Gasteiger partial charge in [0, 0.05) is 6.08 Å². The van der Waals surface area contributed by atoms with E-state index in [0.29, 0.717) is 6.08 Å². The van der Waals surface area contributed by atoms with Crippen molar-refractivity contribution in [2.24, 2.45) is 0 Å². The van der Waals surface area contributed by atoms with Gasteiger partial charge in [0.15, 0.2) is 0 Å². The second kappa shape index (κ2) is 8.17. The summed E-state index contributed by atoms with van der Waals surface area (Å²) in [6, 6.07) is 2.38. The molecule has 0 spiro atoms. The van der Waals surface area contributed by atoms with Crippen LogP contribution in [-0.4, -0.2) is 22.4 Å². The zero-order valence-corrected chi connectivity index (χ0v) is 14.9. The highest BCUT2D eigenvalue weighted by Crippen LogP contribution is 2.53. The van der Waals surface area contributed by atoms with Crippen LogP contribution in [0.25, 0.3) is 5.31 Å². The molecule has 0 saturated heterocycles. The maximum absolute atomic E-state index is 13.5. The van der Waals surface area contributed by atoms with Crippen molar-refractivity contribution < 1.29 is 37.1 Å². The van der Waals surface area contributed by atoms with Crippen LogP contribution in [0.5, 0.6) is 0 Å². The van der Waals surface area contributed by atoms with Crippen molar-refractivity contribution in [3.63, 3.8) is 0 Å². The summed E-state index contributed by atoms with van der Waals surface area (Å²) in [7, 11) is -5.02. The summed E-state index contributed by atoms with van der Waals surface area (Å²) in [4.78, 5) is 30.7. The van der Waals surface area contributed by atoms with E-state index >= 15 is 0 Å². The van der Waals surface area contributed by atoms with Gasteiger partial charge in [-0.25, -0.2) is 4.79 Å². The molecule has 9 heteroatoms. The highest BCUT2D eigenvalue weighted by molar-refractivity contribution is 7.63. The Kier molecular flexibility index (Phi) is 6.99. The number of hydrogen-bond acceptors (Lipinski definition) is 3. The van der Waals surface area contributed by atoms with Gasteiger partial charge < -0.3 is 14.5 Å². The monoisotopic (exact) mass is 380 g/mol. The lowest BCUT2D eigenvalue weighted by molar-refractivity contribution is -0.139. The predicted molar refractivity (Wildman–Crippen MR) is 86.9 cm³/mol. The van der Waals surface area contributed by atoms with Gasteiger partial charge in [-0.15, -0.1) is 0 Å². The number of alkyl halides is 3. The standard InChI is InChI=1S/C16H20F3O5P/c1-4-10-7-8-12(11(5-2)15(10)16(17,18)19)13(25(21,22)23)9-14(20)24-6-3/h7-9H,4-6H2,1-3H3,(H2,21,22,23). The molecule has 1 rings (SSSR count). The molecule has 1 aromatic rings. The molecule has 140 valence electrons. The molecule has 0 aliphatic rings. The third kappa shape index (κ3) is 5.17. The van der Waals surface area contributed by atoms with E-state index in [1.54, 1.807) is 6.92 Å². The van der Waals surface area contributed by atoms with E-state index in [1.165, 1.54) is 26.0 Å². The van der Waals surface area contributed by atoms with Crippen molar-refractivity contribution in [1.82, 2.24) is 0 Å². The molecule has 0 aliphatic carbocycles. The Balaban J connectivity index is 3.78. The molecule has 5 nitrogen and oxygen atoms in total. The Morgan fingerprint density at radius 1 is 1.20 bits per heavy atom. The molecule has 0 saturated carbocycles. The molecule has 0 fully saturated rings. The minimum Gasteiger partial charge on any atom is -0.463 e. The van der Waals surface area contributed by atoms with Crippen LogP contribution in [0.2, 0.25) is 0 Å². The van der Waals surface area contributed by atoms with Crippen molar-refractivity contribution in [3.05, 3.63) is 40.5 Å². The number of esters is 1. The quantitative estimate of drug-likeness (QED) is 0.444. The van der Waals surface area contributed by atoms with Crippen LogP contribution in [0.3, 0.4) is 0 Å². The first-order valence-corrected chi connectivity index (χ1v) is 9.25. The number of ether oxygens (including phenoxy) is 1. The van der Waals surface area contributed by atoms with E-state index in [9.17, 15) is 32.3 Å². The number of halogens is 3. The Bertz CT molecular complexity index is 719. The summed E-state index contributed by atoms with van der Waals surface area (Å²) in [5, 5.41) is -0.782. The third-order valence-electron chi connectivity index (χ3n) is 3.55. The molecular formula is C16H20F3O5P. The number of aryl methyl sites for hydroxylation is 1. The van der Waals surface area contributed by atoms with Gasteiger partial charge in [0.1, 0.15) is 0 Å². The molecule has 0 radical (unpaired) electrons. The van der Waals surface area contributed by atoms with Crippen molar-refractivity contribution >= 4 is 18.9 Å². The van der Waals surface area contributed by atoms with Crippen LogP contribution >= 0.6 is 7.60 Å². The Morgan fingerprint density at radius 2 is 1.80 bits per heavy atom. The van der Waals surface area contributed by atoms with Crippen LogP contribution in [0.4, 0.5) is 13.2 Å². The average Bonchev–Trinajstić information content (AvgIpc) is 2.49. The molecule has 0 unspecified atom stereocenters. The van der Waals surface area contributed by atoms with E-state index in [-0.39, 0.29) is 36.1 Å². The first kappa shape index (κ1) is 21.4. The molecule has 0 amide bonds. The number of benzene rings is 1. The predicted octanol–water partition coefficient (Wildman–Crippen LogP) is 3.91. The molecule has 0 heterocycles. The molecule has 25 heavy (non-hydrogen) atoms. The minimum absolute atomic E-state index is 0.0225. The molecule has 0 aliphatic heterocycles. The van der Waals surface area contributed by atoms with Crippen LogP contribution < -0.4 is 0 Å². The van der Waals surface area contributed by atoms with E-state index in [4.69, 9.17) is 0 Å². The van der Waals surface area contributed by atoms with Gasteiger partial charge in [0.25, 0.3) is 0 Å². The van der Waals surface area contributed by atoms with Gasteiger partial charge in [-0.2, -0.15) is 13.2 Å². The van der Waals surface area contributed by atoms with Crippen molar-refractivity contribution in [3.8, 4) is 0 Å². The fourth-order valence-corrected chi connectivity index (χ4v) is 3.36. The maximum atomic E-state index is 13.5. The first-order valence-electron chi connectivity index (χ1n) is 7.64. The lowest BCUT2D eigenvalue weighted by Crippen LogP contribution is -2.15. The number of hydrogen-bond donors (Lipinski definition) is 2. The minimum atomic E-state index is -5.02. The summed E-state index contributed by atoms with van der Waals surface area (Å²) >= 11 is 0. The summed E-state index contributed by atoms with van der Waals surface area (Å²) in [5.74, 6) is -1.03. The van der Waals surface area contributed by atoms with E-state index in [1.807, 2.05) is 0 Å². The second-order valence-electron chi connectivity index (χ2n) is 5.16. The Hall–Kier alpha value is -1.63. The first-order chi connectivity index (χ1) is 11.5. The summed E-state index contributed by atoms with van der Waals surface area (Å²) < 4.78 is 56.9. The lowest BCUT2D eigenvalue weighted by Gasteiger charge is -2.21. The fraction of sp³-hybridized carbons (Fsp3) is 0.438. The van der Waals surface area contributed by atoms with Crippen LogP contribution in [0.15, 0.2) is 18.2 Å². The molecule has 0 bridgehead atoms. The molecular weight excluding hydrogens is 360 g/mol. The Labute approximate surface area is 143 Å². The fourth-order valence-electron chi connectivity index (χ4n) is 2.57. The molecule has 1 aromatic carbocycles. The Morgan fingerprint density at radius 3 is 2.20 bits per heavy atom. The number of carbonyl (C=O) groups is 1. The van der Waals surface area contributed by atoms with E-state index < -0.39 is 30.6 Å². The van der Waals surface area contributed by atoms with Gasteiger partial charge >= 0.3 is 19.7 Å². The SMILES string of the molecule is CCOC(=O)C=C(c1ccc(CC)c(C(F)(F)F)c1CC)P(=O)(O)O. The summed E-state index contributed by atoms with van der Waals surface area (Å²) in [5.41, 5.74) is -1.45. The van der Waals surface area contributed by atoms with Crippen molar-refractivity contribution in [2.45, 2.75) is 39.8 Å². The normalized spacial score (nSPS) is 13.0. The zero-order chi connectivity index (χ0) is 19.4. The second-order valence-corrected chi connectivity index (χ2v) is 6.73. The van der Waals surface area contributed by atoms with Gasteiger partial charge in [-0.05, 0) is 36.5 Å². The van der Waals surface area contributed by atoms with Crippen molar-refractivity contribution in [2.75, 3.05) is 6.61 Å². The van der Waals surface area contributed by atoms with Crippen LogP contribution in [-0.2, 0) is 33.1 Å². The number of rotatable bonds is 6.